The van der Waals surface area contributed by atoms with Crippen molar-refractivity contribution in [2.24, 2.45) is 7.05 Å². The molecule has 0 radical (unpaired) electrons. The Labute approximate surface area is 193 Å². The van der Waals surface area contributed by atoms with Crippen LogP contribution < -0.4 is 4.90 Å². The molecule has 5 rings (SSSR count). The summed E-state index contributed by atoms with van der Waals surface area (Å²) in [5, 5.41) is 19.6. The molecular weight excluding hydrogens is 418 g/mol. The molecule has 0 aliphatic carbocycles. The number of aromatic nitrogens is 5. The van der Waals surface area contributed by atoms with Gasteiger partial charge in [-0.05, 0) is 52.2 Å². The minimum absolute atomic E-state index is 0.0340. The Morgan fingerprint density at radius 1 is 1.21 bits per heavy atom. The quantitative estimate of drug-likeness (QED) is 0.601. The predicted octanol–water partition coefficient (Wildman–Crippen LogP) is 3.56. The number of aryl methyl sites for hydroxylation is 1. The highest BCUT2D eigenvalue weighted by atomic mass is 16.5. The molecule has 3 aromatic heterocycles. The molecule has 33 heavy (non-hydrogen) atoms. The summed E-state index contributed by atoms with van der Waals surface area (Å²) in [6.07, 6.45) is 5.12. The molecule has 9 nitrogen and oxygen atoms in total. The van der Waals surface area contributed by atoms with Gasteiger partial charge in [-0.15, -0.1) is 0 Å². The molecule has 2 fully saturated rings. The molecule has 0 bridgehead atoms. The highest BCUT2D eigenvalue weighted by Crippen LogP contribution is 2.37. The van der Waals surface area contributed by atoms with Gasteiger partial charge in [0.2, 0.25) is 0 Å². The van der Waals surface area contributed by atoms with E-state index in [0.29, 0.717) is 13.2 Å². The van der Waals surface area contributed by atoms with Crippen LogP contribution in [-0.2, 0) is 21.9 Å². The average molecular weight is 450 g/mol. The van der Waals surface area contributed by atoms with Gasteiger partial charge in [0.05, 0.1) is 36.3 Å². The van der Waals surface area contributed by atoms with E-state index in [9.17, 15) is 5.26 Å². The lowest BCUT2D eigenvalue weighted by Gasteiger charge is -2.35. The molecule has 0 N–H and O–H groups in total. The third kappa shape index (κ3) is 3.87. The fourth-order valence-electron chi connectivity index (χ4n) is 4.75. The summed E-state index contributed by atoms with van der Waals surface area (Å²) in [7, 11) is 1.91. The third-order valence-corrected chi connectivity index (χ3v) is 6.69. The van der Waals surface area contributed by atoms with E-state index in [4.69, 9.17) is 24.7 Å². The fourth-order valence-corrected chi connectivity index (χ4v) is 4.75. The zero-order valence-corrected chi connectivity index (χ0v) is 19.8. The molecule has 1 unspecified atom stereocenters. The first kappa shape index (κ1) is 21.9. The molecule has 3 aromatic rings. The normalized spacial score (nSPS) is 22.0. The SMILES string of the molecule is C[C@@H]1COCCN1c1cc(C(C)(C)C#N)c2c(n1)c(-c1ccn(C3CCCCO3)n1)nn2C. The predicted molar refractivity (Wildman–Crippen MR) is 125 cm³/mol. The molecule has 5 heterocycles. The van der Waals surface area contributed by atoms with E-state index < -0.39 is 5.41 Å². The first-order valence-electron chi connectivity index (χ1n) is 11.7. The van der Waals surface area contributed by atoms with Gasteiger partial charge < -0.3 is 14.4 Å². The van der Waals surface area contributed by atoms with Gasteiger partial charge in [0, 0.05) is 32.0 Å². The van der Waals surface area contributed by atoms with Crippen LogP contribution in [0.3, 0.4) is 0 Å². The first-order chi connectivity index (χ1) is 15.9. The lowest BCUT2D eigenvalue weighted by Crippen LogP contribution is -2.44. The van der Waals surface area contributed by atoms with Crippen molar-refractivity contribution in [3.8, 4) is 17.5 Å². The molecule has 0 spiro atoms. The van der Waals surface area contributed by atoms with Gasteiger partial charge in [-0.3, -0.25) is 4.68 Å². The highest BCUT2D eigenvalue weighted by molar-refractivity contribution is 5.93. The molecule has 2 saturated heterocycles. The molecule has 9 heteroatoms. The molecule has 2 aliphatic rings. The van der Waals surface area contributed by atoms with Crippen LogP contribution in [0.15, 0.2) is 18.3 Å². The molecule has 0 saturated carbocycles. The zero-order chi connectivity index (χ0) is 23.2. The maximum Gasteiger partial charge on any atom is 0.150 e. The van der Waals surface area contributed by atoms with Crippen molar-refractivity contribution in [1.82, 2.24) is 24.5 Å². The highest BCUT2D eigenvalue weighted by Gasteiger charge is 2.31. The summed E-state index contributed by atoms with van der Waals surface area (Å²) in [6, 6.07) is 6.69. The lowest BCUT2D eigenvalue weighted by atomic mass is 9.85. The van der Waals surface area contributed by atoms with Crippen LogP contribution in [0.1, 0.15) is 51.8 Å². The molecular formula is C24H31N7O2. The van der Waals surface area contributed by atoms with Crippen LogP contribution in [0.2, 0.25) is 0 Å². The van der Waals surface area contributed by atoms with Crippen LogP contribution in [0.4, 0.5) is 5.82 Å². The van der Waals surface area contributed by atoms with E-state index in [-0.39, 0.29) is 12.3 Å². The van der Waals surface area contributed by atoms with E-state index in [2.05, 4.69) is 17.9 Å². The number of anilines is 1. The maximum absolute atomic E-state index is 9.96. The number of nitriles is 1. The number of nitrogens with zero attached hydrogens (tertiary/aromatic N) is 7. The van der Waals surface area contributed by atoms with E-state index >= 15 is 0 Å². The third-order valence-electron chi connectivity index (χ3n) is 6.69. The summed E-state index contributed by atoms with van der Waals surface area (Å²) in [5.41, 5.74) is 3.33. The number of pyridine rings is 1. The number of fused-ring (bicyclic) bond motifs is 1. The summed E-state index contributed by atoms with van der Waals surface area (Å²) in [6.45, 7) is 8.86. The smallest absolute Gasteiger partial charge is 0.150 e. The summed E-state index contributed by atoms with van der Waals surface area (Å²) < 4.78 is 15.3. The second-order valence-corrected chi connectivity index (χ2v) is 9.55. The van der Waals surface area contributed by atoms with Crippen LogP contribution in [-0.4, -0.2) is 57.0 Å². The number of morpholine rings is 1. The van der Waals surface area contributed by atoms with Crippen molar-refractivity contribution in [2.45, 2.75) is 57.7 Å². The zero-order valence-electron chi connectivity index (χ0n) is 19.8. The van der Waals surface area contributed by atoms with Crippen molar-refractivity contribution in [3.05, 3.63) is 23.9 Å². The van der Waals surface area contributed by atoms with Crippen molar-refractivity contribution in [1.29, 1.82) is 5.26 Å². The Morgan fingerprint density at radius 3 is 2.79 bits per heavy atom. The second kappa shape index (κ2) is 8.43. The Morgan fingerprint density at radius 2 is 2.06 bits per heavy atom. The van der Waals surface area contributed by atoms with Crippen LogP contribution >= 0.6 is 0 Å². The fraction of sp³-hybridized carbons (Fsp3) is 0.583. The molecule has 0 amide bonds. The second-order valence-electron chi connectivity index (χ2n) is 9.55. The van der Waals surface area contributed by atoms with E-state index in [1.165, 1.54) is 0 Å². The number of rotatable bonds is 4. The van der Waals surface area contributed by atoms with Gasteiger partial charge >= 0.3 is 0 Å². The summed E-state index contributed by atoms with van der Waals surface area (Å²) in [4.78, 5) is 7.33. The van der Waals surface area contributed by atoms with Gasteiger partial charge in [-0.2, -0.15) is 15.5 Å². The van der Waals surface area contributed by atoms with Gasteiger partial charge in [-0.25, -0.2) is 9.67 Å². The Bertz CT molecular complexity index is 1200. The van der Waals surface area contributed by atoms with Crippen molar-refractivity contribution >= 4 is 16.9 Å². The molecule has 2 atom stereocenters. The van der Waals surface area contributed by atoms with Gasteiger partial charge in [-0.1, -0.05) is 0 Å². The average Bonchev–Trinajstić information content (AvgIpc) is 3.44. The molecule has 0 aromatic carbocycles. The number of hydrogen-bond acceptors (Lipinski definition) is 7. The van der Waals surface area contributed by atoms with Gasteiger partial charge in [0.1, 0.15) is 29.0 Å². The van der Waals surface area contributed by atoms with Crippen LogP contribution in [0, 0.1) is 11.3 Å². The Kier molecular flexibility index (Phi) is 5.59. The van der Waals surface area contributed by atoms with E-state index in [1.54, 1.807) is 0 Å². The molecule has 2 aliphatic heterocycles. The van der Waals surface area contributed by atoms with Crippen LogP contribution in [0.5, 0.6) is 0 Å². The maximum atomic E-state index is 9.96. The van der Waals surface area contributed by atoms with Crippen molar-refractivity contribution in [3.63, 3.8) is 0 Å². The molecule has 174 valence electrons. The summed E-state index contributed by atoms with van der Waals surface area (Å²) >= 11 is 0. The topological polar surface area (TPSA) is 94.0 Å². The number of hydrogen-bond donors (Lipinski definition) is 0. The first-order valence-corrected chi connectivity index (χ1v) is 11.7. The summed E-state index contributed by atoms with van der Waals surface area (Å²) in [5.74, 6) is 0.848. The van der Waals surface area contributed by atoms with Crippen molar-refractivity contribution < 1.29 is 9.47 Å². The minimum Gasteiger partial charge on any atom is -0.377 e. The van der Waals surface area contributed by atoms with E-state index in [1.807, 2.05) is 48.6 Å². The van der Waals surface area contributed by atoms with Crippen molar-refractivity contribution in [2.75, 3.05) is 31.3 Å². The van der Waals surface area contributed by atoms with Gasteiger partial charge in [0.25, 0.3) is 0 Å². The van der Waals surface area contributed by atoms with Crippen LogP contribution in [0.25, 0.3) is 22.4 Å². The van der Waals surface area contributed by atoms with Gasteiger partial charge in [0.15, 0.2) is 0 Å². The Balaban J connectivity index is 1.66. The monoisotopic (exact) mass is 449 g/mol. The minimum atomic E-state index is -0.703. The standard InChI is InChI=1S/C24H31N7O2/c1-16-14-32-12-10-30(16)19-13-17(24(2,3)15-25)23-22(26-19)21(28-29(23)4)18-8-9-31(27-18)20-7-5-6-11-33-20/h8-9,13,16,20H,5-7,10-12,14H2,1-4H3/t16-,20?/m1/s1. The largest absolute Gasteiger partial charge is 0.377 e. The Hall–Kier alpha value is -2.96. The van der Waals surface area contributed by atoms with E-state index in [0.717, 1.165) is 66.2 Å². The number of ether oxygens (including phenoxy) is 2. The lowest BCUT2D eigenvalue weighted by molar-refractivity contribution is -0.0393.